The van der Waals surface area contributed by atoms with Crippen LogP contribution in [0.1, 0.15) is 22.8 Å². The first-order chi connectivity index (χ1) is 24.2. The van der Waals surface area contributed by atoms with Crippen molar-refractivity contribution in [1.82, 2.24) is 15.0 Å². The second kappa shape index (κ2) is 12.1. The molecule has 4 aromatic carbocycles. The maximum atomic E-state index is 10.2. The number of aromatic amines is 1. The molecule has 49 heavy (non-hydrogen) atoms. The Morgan fingerprint density at radius 2 is 0.755 bits per heavy atom. The van der Waals surface area contributed by atoms with E-state index in [2.05, 4.69) is 132 Å². The summed E-state index contributed by atoms with van der Waals surface area (Å²) in [7, 11) is 0. The second-order valence-corrected chi connectivity index (χ2v) is 13.1. The summed E-state index contributed by atoms with van der Waals surface area (Å²) in [6.45, 7) is 0. The van der Waals surface area contributed by atoms with Crippen LogP contribution in [0, 0.1) is 0 Å². The number of rotatable bonds is 4. The normalized spacial score (nSPS) is 12.0. The average Bonchev–Trinajstić information content (AvgIpc) is 3.98. The fraction of sp³-hybridized carbons (Fsp3) is 0. The SMILES string of the molecule is Oc1ccc(-c2c3nc(c(-c4ccccc4)c4ccc(s4)c(-c4ccccc4)c4nc(c(-c5ccccc5)c5ccc2[nH]5)C=C4)C=C3)cc1. The molecule has 0 aliphatic carbocycles. The molecule has 232 valence electrons. The molecule has 9 rings (SSSR count). The van der Waals surface area contributed by atoms with Gasteiger partial charge in [0.25, 0.3) is 0 Å². The van der Waals surface area contributed by atoms with Crippen LogP contribution in [-0.2, 0) is 0 Å². The van der Waals surface area contributed by atoms with E-state index >= 15 is 0 Å². The number of aromatic nitrogens is 3. The van der Waals surface area contributed by atoms with Crippen molar-refractivity contribution in [2.24, 2.45) is 0 Å². The van der Waals surface area contributed by atoms with Crippen LogP contribution in [0.2, 0.25) is 0 Å². The van der Waals surface area contributed by atoms with Gasteiger partial charge in [0.1, 0.15) is 5.75 Å². The molecule has 0 spiro atoms. The van der Waals surface area contributed by atoms with E-state index in [0.29, 0.717) is 0 Å². The highest BCUT2D eigenvalue weighted by atomic mass is 32.1. The van der Waals surface area contributed by atoms with Gasteiger partial charge in [0.15, 0.2) is 0 Å². The number of H-pyrrole nitrogens is 1. The van der Waals surface area contributed by atoms with Gasteiger partial charge in [0, 0.05) is 42.7 Å². The van der Waals surface area contributed by atoms with Gasteiger partial charge in [-0.1, -0.05) is 103 Å². The zero-order chi connectivity index (χ0) is 32.7. The van der Waals surface area contributed by atoms with E-state index in [1.807, 2.05) is 24.3 Å². The van der Waals surface area contributed by atoms with E-state index in [1.54, 1.807) is 23.5 Å². The lowest BCUT2D eigenvalue weighted by molar-refractivity contribution is 0.475. The van der Waals surface area contributed by atoms with Crippen molar-refractivity contribution in [2.45, 2.75) is 0 Å². The highest BCUT2D eigenvalue weighted by Crippen LogP contribution is 2.41. The third kappa shape index (κ3) is 5.27. The molecule has 4 nitrogen and oxygen atoms in total. The van der Waals surface area contributed by atoms with Crippen LogP contribution in [0.3, 0.4) is 0 Å². The molecular formula is C44H29N3OS. The number of phenols is 1. The number of fused-ring (bicyclic) bond motifs is 8. The molecule has 3 aromatic heterocycles. The molecule has 0 amide bonds. The minimum atomic E-state index is 0.221. The van der Waals surface area contributed by atoms with Crippen molar-refractivity contribution in [3.63, 3.8) is 0 Å². The molecule has 7 aromatic rings. The van der Waals surface area contributed by atoms with Crippen molar-refractivity contribution < 1.29 is 5.11 Å². The van der Waals surface area contributed by atoms with Crippen LogP contribution < -0.4 is 0 Å². The monoisotopic (exact) mass is 647 g/mol. The standard InChI is InChI=1S/C44H29N3OS/c48-32-18-16-31(17-19-32)42-35-21-20-33(45-35)41(28-10-4-1-5-11-28)34-22-24-37(46-34)43(29-12-6-2-7-13-29)39-26-27-40(49-39)44(30-14-8-3-9-15-30)38-25-23-36(42)47-38/h1-27,45,48H. The summed E-state index contributed by atoms with van der Waals surface area (Å²) < 4.78 is 2.26. The Morgan fingerprint density at radius 3 is 1.18 bits per heavy atom. The van der Waals surface area contributed by atoms with Gasteiger partial charge in [-0.2, -0.15) is 0 Å². The predicted molar refractivity (Wildman–Crippen MR) is 206 cm³/mol. The van der Waals surface area contributed by atoms with Crippen molar-refractivity contribution in [2.75, 3.05) is 0 Å². The zero-order valence-corrected chi connectivity index (χ0v) is 27.2. The van der Waals surface area contributed by atoms with Gasteiger partial charge in [-0.05, 0) is 83.0 Å². The van der Waals surface area contributed by atoms with Gasteiger partial charge in [-0.15, -0.1) is 11.3 Å². The van der Waals surface area contributed by atoms with Gasteiger partial charge in [0.05, 0.1) is 22.8 Å². The molecule has 0 fully saturated rings. The van der Waals surface area contributed by atoms with Crippen molar-refractivity contribution in [3.8, 4) is 50.3 Å². The number of thiophene rings is 1. The van der Waals surface area contributed by atoms with Gasteiger partial charge in [-0.25, -0.2) is 9.97 Å². The first-order valence-corrected chi connectivity index (χ1v) is 17.0. The molecule has 0 radical (unpaired) electrons. The lowest BCUT2D eigenvalue weighted by atomic mass is 10.0. The fourth-order valence-electron chi connectivity index (χ4n) is 6.73. The Bertz CT molecular complexity index is 2540. The lowest BCUT2D eigenvalue weighted by Gasteiger charge is -2.06. The van der Waals surface area contributed by atoms with Crippen molar-refractivity contribution in [3.05, 3.63) is 162 Å². The van der Waals surface area contributed by atoms with E-state index < -0.39 is 0 Å². The number of phenolic OH excluding ortho intramolecular Hbond substituents is 1. The van der Waals surface area contributed by atoms with Crippen molar-refractivity contribution in [1.29, 1.82) is 0 Å². The largest absolute Gasteiger partial charge is 0.508 e. The van der Waals surface area contributed by atoms with Crippen molar-refractivity contribution >= 4 is 56.1 Å². The van der Waals surface area contributed by atoms with Crippen LogP contribution in [0.5, 0.6) is 5.75 Å². The summed E-state index contributed by atoms with van der Waals surface area (Å²) in [6.07, 6.45) is 8.49. The van der Waals surface area contributed by atoms with Crippen LogP contribution in [-0.4, -0.2) is 20.1 Å². The Kier molecular flexibility index (Phi) is 7.11. The molecule has 0 saturated heterocycles. The first kappa shape index (κ1) is 28.9. The average molecular weight is 648 g/mol. The Balaban J connectivity index is 1.48. The molecule has 2 aliphatic heterocycles. The quantitative estimate of drug-likeness (QED) is 0.200. The minimum Gasteiger partial charge on any atom is -0.508 e. The summed E-state index contributed by atoms with van der Waals surface area (Å²) in [5, 5.41) is 10.2. The predicted octanol–water partition coefficient (Wildman–Crippen LogP) is 11.8. The molecule has 0 atom stereocenters. The van der Waals surface area contributed by atoms with E-state index in [4.69, 9.17) is 9.97 Å². The van der Waals surface area contributed by atoms with Gasteiger partial charge in [0.2, 0.25) is 0 Å². The van der Waals surface area contributed by atoms with Gasteiger partial charge >= 0.3 is 0 Å². The Morgan fingerprint density at radius 1 is 0.388 bits per heavy atom. The number of benzene rings is 4. The molecule has 5 heterocycles. The summed E-state index contributed by atoms with van der Waals surface area (Å²) in [5.74, 6) is 0.221. The molecule has 2 N–H and O–H groups in total. The second-order valence-electron chi connectivity index (χ2n) is 12.0. The van der Waals surface area contributed by atoms with Crippen LogP contribution >= 0.6 is 11.3 Å². The number of nitrogens with zero attached hydrogens (tertiary/aromatic N) is 2. The lowest BCUT2D eigenvalue weighted by Crippen LogP contribution is -1.88. The van der Waals surface area contributed by atoms with Crippen LogP contribution in [0.25, 0.3) is 89.2 Å². The van der Waals surface area contributed by atoms with E-state index in [9.17, 15) is 5.11 Å². The number of nitrogens with one attached hydrogen (secondary N) is 1. The Hall–Kier alpha value is -6.30. The third-order valence-electron chi connectivity index (χ3n) is 8.97. The first-order valence-electron chi connectivity index (χ1n) is 16.2. The third-order valence-corrected chi connectivity index (χ3v) is 10.1. The van der Waals surface area contributed by atoms with Crippen LogP contribution in [0.15, 0.2) is 140 Å². The molecule has 0 saturated carbocycles. The number of hydrogen-bond donors (Lipinski definition) is 2. The number of aromatic hydroxyl groups is 1. The topological polar surface area (TPSA) is 61.8 Å². The maximum absolute atomic E-state index is 10.2. The maximum Gasteiger partial charge on any atom is 0.115 e. The van der Waals surface area contributed by atoms with E-state index in [0.717, 1.165) is 87.7 Å². The summed E-state index contributed by atoms with van der Waals surface area (Å²) in [6, 6.07) is 47.5. The molecule has 2 aliphatic rings. The highest BCUT2D eigenvalue weighted by Gasteiger charge is 2.18. The summed E-state index contributed by atoms with van der Waals surface area (Å²) >= 11 is 1.76. The van der Waals surface area contributed by atoms with Gasteiger partial charge in [-0.3, -0.25) is 0 Å². The summed E-state index contributed by atoms with van der Waals surface area (Å²) in [5.41, 5.74) is 13.8. The molecule has 5 heteroatoms. The minimum absolute atomic E-state index is 0.221. The van der Waals surface area contributed by atoms with Crippen LogP contribution in [0.4, 0.5) is 0 Å². The molecular weight excluding hydrogens is 619 g/mol. The number of hydrogen-bond acceptors (Lipinski definition) is 4. The van der Waals surface area contributed by atoms with E-state index in [1.165, 1.54) is 0 Å². The molecule has 8 bridgehead atoms. The van der Waals surface area contributed by atoms with E-state index in [-0.39, 0.29) is 5.75 Å². The highest BCUT2D eigenvalue weighted by molar-refractivity contribution is 7.24. The van der Waals surface area contributed by atoms with Gasteiger partial charge < -0.3 is 10.1 Å². The Labute approximate surface area is 287 Å². The molecule has 0 unspecified atom stereocenters. The summed E-state index contributed by atoms with van der Waals surface area (Å²) in [4.78, 5) is 14.5. The zero-order valence-electron chi connectivity index (χ0n) is 26.3. The fourth-order valence-corrected chi connectivity index (χ4v) is 7.89. The smallest absolute Gasteiger partial charge is 0.115 e.